The molecule has 0 saturated heterocycles. The molecule has 0 fully saturated rings. The molecule has 0 aliphatic carbocycles. The molecule has 0 aliphatic rings. The van der Waals surface area contributed by atoms with E-state index in [2.05, 4.69) is 21.0 Å². The minimum absolute atomic E-state index is 0.248. The number of halogens is 1. The van der Waals surface area contributed by atoms with Gasteiger partial charge in [-0.05, 0) is 67.1 Å². The smallest absolute Gasteiger partial charge is 0.347 e. The number of carbonyl (C=O) groups excluding carboxylic acids is 1. The molecular formula is C32H24BrN3O5. The second-order valence-corrected chi connectivity index (χ2v) is 10.2. The van der Waals surface area contributed by atoms with Crippen molar-refractivity contribution in [3.63, 3.8) is 0 Å². The summed E-state index contributed by atoms with van der Waals surface area (Å²) in [7, 11) is 0. The summed E-state index contributed by atoms with van der Waals surface area (Å²) >= 11 is 3.49. The van der Waals surface area contributed by atoms with Crippen LogP contribution in [0.25, 0.3) is 44.2 Å². The molecular weight excluding hydrogens is 586 g/mol. The SMILES string of the molecule is CCOC(=O)[C@H](C)Oc1ccc2ccccc2c1C=Nn1c(-c2cc3cc(Br)ccc3o2)nc2ccccc2c1=O. The molecule has 0 saturated carbocycles. The molecule has 0 radical (unpaired) electrons. The van der Waals surface area contributed by atoms with Crippen LogP contribution in [0, 0.1) is 0 Å². The first-order chi connectivity index (χ1) is 19.9. The Hall–Kier alpha value is -4.76. The van der Waals surface area contributed by atoms with Crippen molar-refractivity contribution in [1.29, 1.82) is 0 Å². The molecule has 1 atom stereocenters. The third-order valence-electron chi connectivity index (χ3n) is 6.61. The first kappa shape index (κ1) is 26.5. The number of fused-ring (bicyclic) bond motifs is 3. The van der Waals surface area contributed by atoms with E-state index in [1.807, 2.05) is 60.7 Å². The number of carbonyl (C=O) groups is 1. The Bertz CT molecular complexity index is 2030. The van der Waals surface area contributed by atoms with Gasteiger partial charge in [0.15, 0.2) is 11.9 Å². The number of esters is 1. The van der Waals surface area contributed by atoms with Crippen molar-refractivity contribution >= 4 is 60.8 Å². The molecule has 41 heavy (non-hydrogen) atoms. The maximum atomic E-state index is 13.8. The molecule has 2 aromatic heterocycles. The van der Waals surface area contributed by atoms with Gasteiger partial charge in [-0.25, -0.2) is 9.78 Å². The molecule has 204 valence electrons. The average molecular weight is 610 g/mol. The van der Waals surface area contributed by atoms with Crippen molar-refractivity contribution in [3.05, 3.63) is 105 Å². The van der Waals surface area contributed by atoms with E-state index in [4.69, 9.17) is 18.9 Å². The molecule has 0 spiro atoms. The van der Waals surface area contributed by atoms with Gasteiger partial charge in [-0.15, -0.1) is 0 Å². The van der Waals surface area contributed by atoms with Crippen molar-refractivity contribution in [2.24, 2.45) is 5.10 Å². The van der Waals surface area contributed by atoms with Crippen LogP contribution in [-0.2, 0) is 9.53 Å². The van der Waals surface area contributed by atoms with Gasteiger partial charge in [-0.1, -0.05) is 58.4 Å². The van der Waals surface area contributed by atoms with E-state index in [0.29, 0.717) is 33.6 Å². The predicted octanol–water partition coefficient (Wildman–Crippen LogP) is 6.94. The highest BCUT2D eigenvalue weighted by Crippen LogP contribution is 2.30. The fourth-order valence-electron chi connectivity index (χ4n) is 4.64. The van der Waals surface area contributed by atoms with Crippen LogP contribution < -0.4 is 10.3 Å². The summed E-state index contributed by atoms with van der Waals surface area (Å²) in [5.74, 6) is 0.588. The van der Waals surface area contributed by atoms with Gasteiger partial charge in [0, 0.05) is 15.4 Å². The maximum Gasteiger partial charge on any atom is 0.347 e. The van der Waals surface area contributed by atoms with E-state index in [0.717, 1.165) is 20.6 Å². The molecule has 2 heterocycles. The van der Waals surface area contributed by atoms with Gasteiger partial charge in [-0.2, -0.15) is 9.78 Å². The summed E-state index contributed by atoms with van der Waals surface area (Å²) in [6.07, 6.45) is 0.703. The molecule has 9 heteroatoms. The van der Waals surface area contributed by atoms with Gasteiger partial charge < -0.3 is 13.9 Å². The second kappa shape index (κ2) is 11.0. The lowest BCUT2D eigenvalue weighted by Gasteiger charge is -2.16. The molecule has 0 bridgehead atoms. The van der Waals surface area contributed by atoms with Crippen LogP contribution in [0.4, 0.5) is 0 Å². The molecule has 0 aliphatic heterocycles. The first-order valence-corrected chi connectivity index (χ1v) is 13.8. The largest absolute Gasteiger partial charge is 0.478 e. The summed E-state index contributed by atoms with van der Waals surface area (Å²) in [5.41, 5.74) is 1.42. The van der Waals surface area contributed by atoms with Crippen molar-refractivity contribution in [2.75, 3.05) is 6.61 Å². The Morgan fingerprint density at radius 2 is 1.80 bits per heavy atom. The summed E-state index contributed by atoms with van der Waals surface area (Å²) in [6, 6.07) is 26.0. The summed E-state index contributed by atoms with van der Waals surface area (Å²) in [6.45, 7) is 3.62. The number of rotatable bonds is 7. The highest BCUT2D eigenvalue weighted by Gasteiger charge is 2.20. The van der Waals surface area contributed by atoms with Crippen LogP contribution in [0.2, 0.25) is 0 Å². The van der Waals surface area contributed by atoms with E-state index in [1.165, 1.54) is 4.68 Å². The Labute approximate surface area is 243 Å². The minimum atomic E-state index is -0.848. The van der Waals surface area contributed by atoms with Crippen LogP contribution in [0.15, 0.2) is 104 Å². The van der Waals surface area contributed by atoms with Crippen LogP contribution in [0.1, 0.15) is 19.4 Å². The fourth-order valence-corrected chi connectivity index (χ4v) is 5.02. The molecule has 6 aromatic rings. The van der Waals surface area contributed by atoms with Crippen molar-refractivity contribution in [3.8, 4) is 17.3 Å². The van der Waals surface area contributed by atoms with Gasteiger partial charge in [0.1, 0.15) is 11.3 Å². The summed E-state index contributed by atoms with van der Waals surface area (Å²) in [4.78, 5) is 30.9. The Morgan fingerprint density at radius 1 is 1.02 bits per heavy atom. The average Bonchev–Trinajstić information content (AvgIpc) is 3.40. The lowest BCUT2D eigenvalue weighted by Crippen LogP contribution is -2.26. The first-order valence-electron chi connectivity index (χ1n) is 13.0. The molecule has 4 aromatic carbocycles. The Morgan fingerprint density at radius 3 is 2.63 bits per heavy atom. The topological polar surface area (TPSA) is 95.9 Å². The lowest BCUT2D eigenvalue weighted by molar-refractivity contribution is -0.150. The van der Waals surface area contributed by atoms with E-state index in [9.17, 15) is 9.59 Å². The van der Waals surface area contributed by atoms with Gasteiger partial charge in [0.05, 0.1) is 23.7 Å². The summed E-state index contributed by atoms with van der Waals surface area (Å²) in [5, 5.41) is 7.68. The molecule has 8 nitrogen and oxygen atoms in total. The van der Waals surface area contributed by atoms with Gasteiger partial charge in [-0.3, -0.25) is 4.79 Å². The van der Waals surface area contributed by atoms with Gasteiger partial charge in [0.25, 0.3) is 5.56 Å². The number of para-hydroxylation sites is 1. The zero-order valence-corrected chi connectivity index (χ0v) is 23.8. The highest BCUT2D eigenvalue weighted by molar-refractivity contribution is 9.10. The zero-order valence-electron chi connectivity index (χ0n) is 22.2. The van der Waals surface area contributed by atoms with E-state index >= 15 is 0 Å². The van der Waals surface area contributed by atoms with Gasteiger partial charge >= 0.3 is 5.97 Å². The van der Waals surface area contributed by atoms with E-state index in [1.54, 1.807) is 44.3 Å². The lowest BCUT2D eigenvalue weighted by atomic mass is 10.0. The monoisotopic (exact) mass is 609 g/mol. The molecule has 0 unspecified atom stereocenters. The quantitative estimate of drug-likeness (QED) is 0.144. The molecule has 6 rings (SSSR count). The second-order valence-electron chi connectivity index (χ2n) is 9.32. The van der Waals surface area contributed by atoms with Crippen LogP contribution in [0.5, 0.6) is 5.75 Å². The highest BCUT2D eigenvalue weighted by atomic mass is 79.9. The van der Waals surface area contributed by atoms with E-state index < -0.39 is 12.1 Å². The number of ether oxygens (including phenoxy) is 2. The third kappa shape index (κ3) is 5.12. The number of hydrogen-bond donors (Lipinski definition) is 0. The number of hydrogen-bond acceptors (Lipinski definition) is 7. The molecule has 0 amide bonds. The number of furan rings is 1. The minimum Gasteiger partial charge on any atom is -0.478 e. The predicted molar refractivity (Wildman–Crippen MR) is 163 cm³/mol. The van der Waals surface area contributed by atoms with Crippen LogP contribution in [-0.4, -0.2) is 34.6 Å². The summed E-state index contributed by atoms with van der Waals surface area (Å²) < 4.78 is 19.4. The standard InChI is InChI=1S/C32H24BrN3O5/c1-3-39-32(38)19(2)40-28-14-12-20-8-4-5-9-23(20)25(28)18-34-36-30(35-26-11-7-6-10-24(26)31(36)37)29-17-21-16-22(33)13-15-27(21)41-29/h4-19H,3H2,1-2H3/t19-/m0/s1. The molecule has 0 N–H and O–H groups in total. The fraction of sp³-hybridized carbons (Fsp3) is 0.125. The van der Waals surface area contributed by atoms with Crippen molar-refractivity contribution < 1.29 is 18.7 Å². The van der Waals surface area contributed by atoms with Crippen molar-refractivity contribution in [2.45, 2.75) is 20.0 Å². The van der Waals surface area contributed by atoms with Gasteiger partial charge in [0.2, 0.25) is 5.82 Å². The zero-order chi connectivity index (χ0) is 28.5. The van der Waals surface area contributed by atoms with Crippen LogP contribution >= 0.6 is 15.9 Å². The van der Waals surface area contributed by atoms with E-state index in [-0.39, 0.29) is 18.0 Å². The maximum absolute atomic E-state index is 13.8. The Kier molecular flexibility index (Phi) is 7.11. The third-order valence-corrected chi connectivity index (χ3v) is 7.10. The number of nitrogens with zero attached hydrogens (tertiary/aromatic N) is 3. The normalized spacial score (nSPS) is 12.4. The van der Waals surface area contributed by atoms with Crippen molar-refractivity contribution in [1.82, 2.24) is 9.66 Å². The van der Waals surface area contributed by atoms with Crippen LogP contribution in [0.3, 0.4) is 0 Å². The number of benzene rings is 4. The number of aromatic nitrogens is 2. The Balaban J connectivity index is 1.53.